The van der Waals surface area contributed by atoms with Gasteiger partial charge >= 0.3 is 0 Å². The molecular weight excluding hydrogens is 290 g/mol. The van der Waals surface area contributed by atoms with Crippen LogP contribution in [-0.4, -0.2) is 17.4 Å². The highest BCUT2D eigenvalue weighted by Gasteiger charge is 2.14. The van der Waals surface area contributed by atoms with Crippen LogP contribution in [0.1, 0.15) is 37.4 Å². The molecule has 0 fully saturated rings. The lowest BCUT2D eigenvalue weighted by molar-refractivity contribution is -0.116. The molecule has 108 valence electrons. The number of aromatic nitrogens is 1. The monoisotopic (exact) mass is 309 g/mol. The van der Waals surface area contributed by atoms with Gasteiger partial charge < -0.3 is 5.32 Å². The molecule has 0 aliphatic carbocycles. The van der Waals surface area contributed by atoms with Crippen LogP contribution in [0, 0.1) is 0 Å². The topological polar surface area (TPSA) is 45.2 Å². The molecule has 1 N–H and O–H groups in total. The quantitative estimate of drug-likeness (QED) is 0.889. The minimum Gasteiger partial charge on any atom is -0.304 e. The van der Waals surface area contributed by atoms with E-state index in [1.807, 2.05) is 12.3 Å². The van der Waals surface area contributed by atoms with Crippen molar-refractivity contribution in [3.05, 3.63) is 33.5 Å². The lowest BCUT2D eigenvalue weighted by Gasteiger charge is -2.14. The van der Waals surface area contributed by atoms with Gasteiger partial charge in [-0.25, -0.2) is 4.98 Å². The van der Waals surface area contributed by atoms with E-state index >= 15 is 0 Å². The summed E-state index contributed by atoms with van der Waals surface area (Å²) >= 11 is 3.27. The average Bonchev–Trinajstić information content (AvgIpc) is 3.08. The second kappa shape index (κ2) is 6.97. The Bertz CT molecular complexity index is 551. The number of anilines is 1. The van der Waals surface area contributed by atoms with Crippen molar-refractivity contribution in [1.29, 1.82) is 0 Å². The number of carbonyl (C=O) groups excluding carboxylic acids is 1. The van der Waals surface area contributed by atoms with Gasteiger partial charge in [-0.3, -0.25) is 9.69 Å². The van der Waals surface area contributed by atoms with Crippen LogP contribution in [0.25, 0.3) is 0 Å². The maximum Gasteiger partial charge on any atom is 0.225 e. The van der Waals surface area contributed by atoms with E-state index in [1.54, 1.807) is 23.2 Å². The Balaban J connectivity index is 1.94. The Morgan fingerprint density at radius 1 is 1.50 bits per heavy atom. The third-order valence-electron chi connectivity index (χ3n) is 3.03. The van der Waals surface area contributed by atoms with Gasteiger partial charge in [-0.05, 0) is 25.3 Å². The van der Waals surface area contributed by atoms with Crippen molar-refractivity contribution in [2.45, 2.75) is 33.4 Å². The molecule has 6 heteroatoms. The zero-order chi connectivity index (χ0) is 14.5. The van der Waals surface area contributed by atoms with Gasteiger partial charge in [0, 0.05) is 36.3 Å². The molecule has 2 rings (SSSR count). The predicted molar refractivity (Wildman–Crippen MR) is 85.4 cm³/mol. The Morgan fingerprint density at radius 3 is 2.90 bits per heavy atom. The van der Waals surface area contributed by atoms with E-state index in [0.29, 0.717) is 19.1 Å². The summed E-state index contributed by atoms with van der Waals surface area (Å²) in [6.07, 6.45) is 0. The fourth-order valence-corrected chi connectivity index (χ4v) is 3.58. The first-order valence-electron chi connectivity index (χ1n) is 6.61. The van der Waals surface area contributed by atoms with Gasteiger partial charge in [0.25, 0.3) is 0 Å². The van der Waals surface area contributed by atoms with E-state index in [4.69, 9.17) is 0 Å². The standard InChI is InChI=1S/C14H19N3OS2/c1-4-17(11(3)18)14-16-12(9-20-14)8-15-10(2)13-6-5-7-19-13/h5-7,9-10,15H,4,8H2,1-3H3/t10-/m0/s1. The predicted octanol–water partition coefficient (Wildman–Crippen LogP) is 3.43. The number of nitrogens with zero attached hydrogens (tertiary/aromatic N) is 2. The van der Waals surface area contributed by atoms with Gasteiger partial charge in [-0.15, -0.1) is 22.7 Å². The van der Waals surface area contributed by atoms with Crippen molar-refractivity contribution in [2.24, 2.45) is 0 Å². The first-order valence-corrected chi connectivity index (χ1v) is 8.37. The first-order chi connectivity index (χ1) is 9.61. The third kappa shape index (κ3) is 3.65. The van der Waals surface area contributed by atoms with Gasteiger partial charge in [-0.1, -0.05) is 6.07 Å². The maximum absolute atomic E-state index is 11.5. The van der Waals surface area contributed by atoms with Crippen LogP contribution in [0.5, 0.6) is 0 Å². The largest absolute Gasteiger partial charge is 0.304 e. The summed E-state index contributed by atoms with van der Waals surface area (Å²) < 4.78 is 0. The summed E-state index contributed by atoms with van der Waals surface area (Å²) in [6.45, 7) is 7.04. The minimum absolute atomic E-state index is 0.0355. The Morgan fingerprint density at radius 2 is 2.30 bits per heavy atom. The Labute approximate surface area is 127 Å². The first kappa shape index (κ1) is 15.2. The fourth-order valence-electron chi connectivity index (χ4n) is 1.89. The summed E-state index contributed by atoms with van der Waals surface area (Å²) in [6, 6.07) is 4.50. The van der Waals surface area contributed by atoms with Crippen molar-refractivity contribution >= 4 is 33.7 Å². The van der Waals surface area contributed by atoms with Crippen molar-refractivity contribution in [1.82, 2.24) is 10.3 Å². The summed E-state index contributed by atoms with van der Waals surface area (Å²) in [5.41, 5.74) is 0.980. The highest BCUT2D eigenvalue weighted by atomic mass is 32.1. The zero-order valence-electron chi connectivity index (χ0n) is 11.9. The van der Waals surface area contributed by atoms with Gasteiger partial charge in [0.1, 0.15) is 0 Å². The van der Waals surface area contributed by atoms with Crippen LogP contribution in [0.2, 0.25) is 0 Å². The number of hydrogen-bond donors (Lipinski definition) is 1. The number of thiazole rings is 1. The zero-order valence-corrected chi connectivity index (χ0v) is 13.6. The lowest BCUT2D eigenvalue weighted by Crippen LogP contribution is -2.27. The molecule has 4 nitrogen and oxygen atoms in total. The number of amides is 1. The molecule has 0 aromatic carbocycles. The van der Waals surface area contributed by atoms with E-state index in [9.17, 15) is 4.79 Å². The highest BCUT2D eigenvalue weighted by molar-refractivity contribution is 7.14. The van der Waals surface area contributed by atoms with Gasteiger partial charge in [0.15, 0.2) is 5.13 Å². The van der Waals surface area contributed by atoms with Crippen LogP contribution in [0.4, 0.5) is 5.13 Å². The molecule has 0 saturated carbocycles. The van der Waals surface area contributed by atoms with E-state index in [-0.39, 0.29) is 5.91 Å². The van der Waals surface area contributed by atoms with Crippen molar-refractivity contribution in [3.8, 4) is 0 Å². The number of rotatable bonds is 6. The smallest absolute Gasteiger partial charge is 0.225 e. The number of thiophene rings is 1. The molecular formula is C14H19N3OS2. The van der Waals surface area contributed by atoms with Gasteiger partial charge in [0.2, 0.25) is 5.91 Å². The summed E-state index contributed by atoms with van der Waals surface area (Å²) in [5, 5.41) is 8.32. The maximum atomic E-state index is 11.5. The molecule has 2 aromatic rings. The Hall–Kier alpha value is -1.24. The number of carbonyl (C=O) groups is 1. The average molecular weight is 309 g/mol. The molecule has 0 spiro atoms. The highest BCUT2D eigenvalue weighted by Crippen LogP contribution is 2.22. The normalized spacial score (nSPS) is 12.3. The van der Waals surface area contributed by atoms with E-state index in [1.165, 1.54) is 16.2 Å². The molecule has 0 aliphatic heterocycles. The molecule has 0 radical (unpaired) electrons. The van der Waals surface area contributed by atoms with Crippen LogP contribution in [0.15, 0.2) is 22.9 Å². The van der Waals surface area contributed by atoms with E-state index < -0.39 is 0 Å². The summed E-state index contributed by atoms with van der Waals surface area (Å²) in [5.74, 6) is 0.0355. The van der Waals surface area contributed by atoms with Crippen molar-refractivity contribution < 1.29 is 4.79 Å². The van der Waals surface area contributed by atoms with Crippen LogP contribution in [-0.2, 0) is 11.3 Å². The van der Waals surface area contributed by atoms with Crippen LogP contribution in [0.3, 0.4) is 0 Å². The SMILES string of the molecule is CCN(C(C)=O)c1nc(CN[C@@H](C)c2cccs2)cs1. The number of nitrogens with one attached hydrogen (secondary N) is 1. The molecule has 1 amide bonds. The fraction of sp³-hybridized carbons (Fsp3) is 0.429. The summed E-state index contributed by atoms with van der Waals surface area (Å²) in [4.78, 5) is 19.0. The Kier molecular flexibility index (Phi) is 5.28. The van der Waals surface area contributed by atoms with Gasteiger partial charge in [0.05, 0.1) is 5.69 Å². The van der Waals surface area contributed by atoms with Crippen LogP contribution >= 0.6 is 22.7 Å². The second-order valence-electron chi connectivity index (χ2n) is 4.50. The molecule has 20 heavy (non-hydrogen) atoms. The number of hydrogen-bond acceptors (Lipinski definition) is 5. The molecule has 2 aromatic heterocycles. The van der Waals surface area contributed by atoms with Crippen molar-refractivity contribution in [2.75, 3.05) is 11.4 Å². The molecule has 2 heterocycles. The van der Waals surface area contributed by atoms with E-state index in [2.05, 4.69) is 34.7 Å². The molecule has 1 atom stereocenters. The molecule has 0 saturated heterocycles. The minimum atomic E-state index is 0.0355. The van der Waals surface area contributed by atoms with Crippen molar-refractivity contribution in [3.63, 3.8) is 0 Å². The molecule has 0 bridgehead atoms. The second-order valence-corrected chi connectivity index (χ2v) is 6.32. The summed E-state index contributed by atoms with van der Waals surface area (Å²) in [7, 11) is 0. The molecule has 0 unspecified atom stereocenters. The third-order valence-corrected chi connectivity index (χ3v) is 4.99. The van der Waals surface area contributed by atoms with Gasteiger partial charge in [-0.2, -0.15) is 0 Å². The molecule has 0 aliphatic rings. The lowest BCUT2D eigenvalue weighted by atomic mass is 10.2. The van der Waals surface area contributed by atoms with Crippen LogP contribution < -0.4 is 10.2 Å². The van der Waals surface area contributed by atoms with E-state index in [0.717, 1.165) is 10.8 Å².